The Balaban J connectivity index is 1.76. The third-order valence-corrected chi connectivity index (χ3v) is 3.55. The number of anilines is 1. The summed E-state index contributed by atoms with van der Waals surface area (Å²) in [4.78, 5) is 0. The van der Waals surface area contributed by atoms with Crippen LogP contribution in [0.4, 0.5) is 18.9 Å². The molecule has 0 saturated heterocycles. The van der Waals surface area contributed by atoms with Gasteiger partial charge in [-0.25, -0.2) is 0 Å². The Bertz CT molecular complexity index is 672. The minimum absolute atomic E-state index is 0.283. The Morgan fingerprint density at radius 1 is 1.35 bits per heavy atom. The molecule has 0 bridgehead atoms. The number of alkyl halides is 3. The highest BCUT2D eigenvalue weighted by Gasteiger charge is 2.30. The number of aromatic nitrogens is 2. The molecule has 0 atom stereocenters. The first kappa shape index (κ1) is 17.7. The van der Waals surface area contributed by atoms with Crippen LogP contribution in [0.1, 0.15) is 12.0 Å². The van der Waals surface area contributed by atoms with Crippen molar-refractivity contribution in [2.24, 2.45) is 0 Å². The van der Waals surface area contributed by atoms with Crippen molar-refractivity contribution < 1.29 is 13.2 Å². The number of aryl methyl sites for hydroxylation is 1. The topological polar surface area (TPSA) is 41.9 Å². The van der Waals surface area contributed by atoms with E-state index in [9.17, 15) is 13.2 Å². The summed E-state index contributed by atoms with van der Waals surface area (Å²) in [5, 5.41) is 10.1. The number of halogens is 4. The van der Waals surface area contributed by atoms with E-state index in [0.29, 0.717) is 18.8 Å². The van der Waals surface area contributed by atoms with Crippen LogP contribution in [0.15, 0.2) is 41.1 Å². The molecule has 0 saturated carbocycles. The van der Waals surface area contributed by atoms with E-state index in [-0.39, 0.29) is 5.11 Å². The monoisotopic (exact) mass is 406 g/mol. The average Bonchev–Trinajstić information content (AvgIpc) is 2.89. The lowest BCUT2D eigenvalue weighted by molar-refractivity contribution is -0.137. The van der Waals surface area contributed by atoms with Crippen LogP contribution in [0.25, 0.3) is 0 Å². The highest BCUT2D eigenvalue weighted by molar-refractivity contribution is 9.10. The average molecular weight is 407 g/mol. The molecule has 2 N–H and O–H groups in total. The van der Waals surface area contributed by atoms with Gasteiger partial charge in [-0.1, -0.05) is 6.07 Å². The summed E-state index contributed by atoms with van der Waals surface area (Å²) in [6.07, 6.45) is -0.0320. The van der Waals surface area contributed by atoms with E-state index in [1.54, 1.807) is 10.9 Å². The third kappa shape index (κ3) is 5.83. The van der Waals surface area contributed by atoms with Crippen LogP contribution in [0.5, 0.6) is 0 Å². The zero-order valence-electron chi connectivity index (χ0n) is 11.9. The molecule has 1 aromatic carbocycles. The maximum absolute atomic E-state index is 12.6. The number of thiocarbonyl (C=S) groups is 1. The van der Waals surface area contributed by atoms with Crippen molar-refractivity contribution >= 4 is 38.9 Å². The lowest BCUT2D eigenvalue weighted by Gasteiger charge is -2.12. The maximum Gasteiger partial charge on any atom is 0.416 e. The maximum atomic E-state index is 12.6. The smallest absolute Gasteiger partial charge is 0.362 e. The van der Waals surface area contributed by atoms with Gasteiger partial charge in [0.25, 0.3) is 0 Å². The number of nitrogens with one attached hydrogen (secondary N) is 2. The van der Waals surface area contributed by atoms with E-state index < -0.39 is 11.7 Å². The van der Waals surface area contributed by atoms with Crippen LogP contribution in [0.2, 0.25) is 0 Å². The van der Waals surface area contributed by atoms with Crippen molar-refractivity contribution in [2.45, 2.75) is 19.1 Å². The molecule has 0 radical (unpaired) electrons. The minimum Gasteiger partial charge on any atom is -0.362 e. The Morgan fingerprint density at radius 2 is 2.13 bits per heavy atom. The van der Waals surface area contributed by atoms with Crippen molar-refractivity contribution in [2.75, 3.05) is 11.9 Å². The van der Waals surface area contributed by atoms with Crippen molar-refractivity contribution in [3.05, 3.63) is 46.7 Å². The molecule has 2 aromatic rings. The number of nitrogens with zero attached hydrogens (tertiary/aromatic N) is 2. The largest absolute Gasteiger partial charge is 0.416 e. The molecule has 1 heterocycles. The van der Waals surface area contributed by atoms with Crippen molar-refractivity contribution in [3.8, 4) is 0 Å². The third-order valence-electron chi connectivity index (χ3n) is 2.90. The summed E-state index contributed by atoms with van der Waals surface area (Å²) in [7, 11) is 0. The molecule has 0 fully saturated rings. The Hall–Kier alpha value is -1.61. The van der Waals surface area contributed by atoms with Crippen molar-refractivity contribution in [1.82, 2.24) is 15.1 Å². The van der Waals surface area contributed by atoms with Gasteiger partial charge in [0.2, 0.25) is 0 Å². The van der Waals surface area contributed by atoms with Crippen LogP contribution in [0.3, 0.4) is 0 Å². The number of benzene rings is 1. The Kier molecular flexibility index (Phi) is 6.00. The zero-order chi connectivity index (χ0) is 16.9. The van der Waals surface area contributed by atoms with Gasteiger partial charge in [0.05, 0.1) is 16.2 Å². The van der Waals surface area contributed by atoms with Gasteiger partial charge in [0.15, 0.2) is 5.11 Å². The van der Waals surface area contributed by atoms with E-state index in [0.717, 1.165) is 23.0 Å². The standard InChI is InChI=1S/C14H14BrF3N4S/c15-11-8-20-22(9-11)6-2-5-19-13(23)21-12-4-1-3-10(7-12)14(16,17)18/h1,3-4,7-9H,2,5-6H2,(H2,19,21,23). The first-order valence-corrected chi connectivity index (χ1v) is 7.95. The highest BCUT2D eigenvalue weighted by Crippen LogP contribution is 2.30. The lowest BCUT2D eigenvalue weighted by Crippen LogP contribution is -2.29. The lowest BCUT2D eigenvalue weighted by atomic mass is 10.2. The molecular formula is C14H14BrF3N4S. The molecule has 9 heteroatoms. The van der Waals surface area contributed by atoms with Crippen LogP contribution in [-0.4, -0.2) is 21.4 Å². The SMILES string of the molecule is FC(F)(F)c1cccc(NC(=S)NCCCn2cc(Br)cn2)c1. The van der Waals surface area contributed by atoms with Gasteiger partial charge in [-0.05, 0) is 52.8 Å². The van der Waals surface area contributed by atoms with Crippen LogP contribution in [-0.2, 0) is 12.7 Å². The first-order valence-electron chi connectivity index (χ1n) is 6.74. The minimum atomic E-state index is -4.37. The predicted molar refractivity (Wildman–Crippen MR) is 90.2 cm³/mol. The van der Waals surface area contributed by atoms with Gasteiger partial charge in [-0.15, -0.1) is 0 Å². The van der Waals surface area contributed by atoms with Crippen molar-refractivity contribution in [3.63, 3.8) is 0 Å². The molecule has 2 rings (SSSR count). The van der Waals surface area contributed by atoms with Crippen LogP contribution >= 0.6 is 28.1 Å². The van der Waals surface area contributed by atoms with E-state index in [1.165, 1.54) is 12.1 Å². The van der Waals surface area contributed by atoms with E-state index >= 15 is 0 Å². The summed E-state index contributed by atoms with van der Waals surface area (Å²) in [6.45, 7) is 1.30. The quantitative estimate of drug-likeness (QED) is 0.580. The fourth-order valence-corrected chi connectivity index (χ4v) is 2.40. The van der Waals surface area contributed by atoms with Gasteiger partial charge in [-0.2, -0.15) is 18.3 Å². The Labute approximate surface area is 145 Å². The summed E-state index contributed by atoms with van der Waals surface area (Å²) in [6, 6.07) is 4.91. The molecule has 0 aliphatic rings. The summed E-state index contributed by atoms with van der Waals surface area (Å²) >= 11 is 8.38. The predicted octanol–water partition coefficient (Wildman–Crippen LogP) is 4.04. The van der Waals surface area contributed by atoms with E-state index in [1.807, 2.05) is 6.20 Å². The van der Waals surface area contributed by atoms with Crippen LogP contribution in [0, 0.1) is 0 Å². The summed E-state index contributed by atoms with van der Waals surface area (Å²) < 4.78 is 40.6. The van der Waals surface area contributed by atoms with E-state index in [4.69, 9.17) is 12.2 Å². The van der Waals surface area contributed by atoms with E-state index in [2.05, 4.69) is 31.7 Å². The highest BCUT2D eigenvalue weighted by atomic mass is 79.9. The second-order valence-electron chi connectivity index (χ2n) is 4.73. The van der Waals surface area contributed by atoms with Crippen LogP contribution < -0.4 is 10.6 Å². The second kappa shape index (κ2) is 7.78. The van der Waals surface area contributed by atoms with Crippen molar-refractivity contribution in [1.29, 1.82) is 0 Å². The number of rotatable bonds is 5. The fourth-order valence-electron chi connectivity index (χ4n) is 1.85. The van der Waals surface area contributed by atoms with Gasteiger partial charge in [0, 0.05) is 25.0 Å². The van der Waals surface area contributed by atoms with Gasteiger partial charge in [0.1, 0.15) is 0 Å². The Morgan fingerprint density at radius 3 is 2.78 bits per heavy atom. The molecule has 1 aromatic heterocycles. The van der Waals surface area contributed by atoms with Gasteiger partial charge in [-0.3, -0.25) is 4.68 Å². The molecule has 124 valence electrons. The fraction of sp³-hybridized carbons (Fsp3) is 0.286. The molecule has 0 aliphatic heterocycles. The molecule has 23 heavy (non-hydrogen) atoms. The molecule has 0 spiro atoms. The summed E-state index contributed by atoms with van der Waals surface area (Å²) in [5.74, 6) is 0. The first-order chi connectivity index (χ1) is 10.8. The zero-order valence-corrected chi connectivity index (χ0v) is 14.3. The second-order valence-corrected chi connectivity index (χ2v) is 6.06. The number of hydrogen-bond acceptors (Lipinski definition) is 2. The molecule has 0 amide bonds. The van der Waals surface area contributed by atoms with Gasteiger partial charge >= 0.3 is 6.18 Å². The summed E-state index contributed by atoms with van der Waals surface area (Å²) in [5.41, 5.74) is -0.414. The molecular weight excluding hydrogens is 393 g/mol. The number of hydrogen-bond donors (Lipinski definition) is 2. The molecule has 0 aliphatic carbocycles. The normalized spacial score (nSPS) is 11.3. The van der Waals surface area contributed by atoms with Gasteiger partial charge < -0.3 is 10.6 Å². The molecule has 4 nitrogen and oxygen atoms in total. The molecule has 0 unspecified atom stereocenters.